The zero-order chi connectivity index (χ0) is 14.9. The quantitative estimate of drug-likeness (QED) is 0.570. The molecule has 0 atom stereocenters. The summed E-state index contributed by atoms with van der Waals surface area (Å²) in [6, 6.07) is 0. The molecule has 0 aliphatic carbocycles. The van der Waals surface area contributed by atoms with Gasteiger partial charge in [-0.25, -0.2) is 0 Å². The average molecular weight is 421 g/mol. The van der Waals surface area contributed by atoms with Crippen molar-refractivity contribution in [2.45, 2.75) is 94.9 Å². The molecule has 2 saturated heterocycles. The molecule has 0 radical (unpaired) electrons. The minimum absolute atomic E-state index is 0. The van der Waals surface area contributed by atoms with Gasteiger partial charge in [0.05, 0.1) is 53.4 Å². The van der Waals surface area contributed by atoms with Crippen LogP contribution in [0.1, 0.15) is 94.9 Å². The molecule has 2 aliphatic rings. The molecule has 2 heterocycles. The fourth-order valence-corrected chi connectivity index (χ4v) is 3.72. The molecule has 0 N–H and O–H groups in total. The predicted octanol–water partition coefficient (Wildman–Crippen LogP) is 4.02. The van der Waals surface area contributed by atoms with Gasteiger partial charge in [0.1, 0.15) is 0 Å². The van der Waals surface area contributed by atoms with E-state index in [1.54, 1.807) is 0 Å². The molecule has 2 aliphatic heterocycles. The molecular weight excluding hydrogens is 363 g/mol. The molecule has 0 aromatic rings. The van der Waals surface area contributed by atoms with Gasteiger partial charge in [-0.3, -0.25) is 0 Å². The molecular formula is C22H57Cl2N2+. The fourth-order valence-electron chi connectivity index (χ4n) is 3.72. The molecule has 0 amide bonds. The maximum absolute atomic E-state index is 2.41. The van der Waals surface area contributed by atoms with Crippen molar-refractivity contribution in [1.82, 2.24) is 0 Å². The lowest BCUT2D eigenvalue weighted by atomic mass is 10.3. The largest absolute Gasteiger partial charge is 1.00 e. The molecule has 4 heteroatoms. The summed E-state index contributed by atoms with van der Waals surface area (Å²) in [6.07, 6.45) is 11.4. The second-order valence-electron chi connectivity index (χ2n) is 7.70. The van der Waals surface area contributed by atoms with E-state index in [9.17, 15) is 0 Å². The van der Waals surface area contributed by atoms with Gasteiger partial charge in [0.15, 0.2) is 0 Å². The Bertz CT molecular complexity index is 223. The Kier molecular flexibility index (Phi) is 34.4. The van der Waals surface area contributed by atoms with E-state index in [2.05, 4.69) is 27.9 Å². The summed E-state index contributed by atoms with van der Waals surface area (Å²) >= 11 is 0. The number of hydrogen-bond donors (Lipinski definition) is 0. The van der Waals surface area contributed by atoms with Gasteiger partial charge in [-0.15, -0.1) is 12.4 Å². The first-order valence-corrected chi connectivity index (χ1v) is 9.21. The van der Waals surface area contributed by atoms with Crippen molar-refractivity contribution in [3.05, 3.63) is 0 Å². The van der Waals surface area contributed by atoms with Gasteiger partial charge in [0, 0.05) is 25.7 Å². The normalized spacial score (nSPS) is 18.0. The first-order valence-electron chi connectivity index (χ1n) is 9.21. The molecule has 0 saturated carbocycles. The molecule has 2 fully saturated rings. The molecule has 0 aromatic heterocycles. The van der Waals surface area contributed by atoms with E-state index < -0.39 is 0 Å². The van der Waals surface area contributed by atoms with Crippen molar-refractivity contribution in [2.75, 3.05) is 53.4 Å². The van der Waals surface area contributed by atoms with Crippen LogP contribution in [0.15, 0.2) is 0 Å². The number of likely N-dealkylation sites (tertiary alicyclic amines) is 2. The van der Waals surface area contributed by atoms with Crippen LogP contribution in [-0.4, -0.2) is 62.3 Å². The van der Waals surface area contributed by atoms with Crippen molar-refractivity contribution < 1.29 is 21.4 Å². The second kappa shape index (κ2) is 21.8. The van der Waals surface area contributed by atoms with Crippen LogP contribution in [0.5, 0.6) is 0 Å². The van der Waals surface area contributed by atoms with Gasteiger partial charge >= 0.3 is 0 Å². The van der Waals surface area contributed by atoms with Crippen LogP contribution in [0.2, 0.25) is 0 Å². The first kappa shape index (κ1) is 41.0. The lowest BCUT2D eigenvalue weighted by molar-refractivity contribution is -0.897. The summed E-state index contributed by atoms with van der Waals surface area (Å²) in [5.74, 6) is 0. The highest BCUT2D eigenvalue weighted by Crippen LogP contribution is 2.17. The summed E-state index contributed by atoms with van der Waals surface area (Å²) < 4.78 is 2.71. The fraction of sp³-hybridized carbons (Fsp3) is 1.00. The van der Waals surface area contributed by atoms with Crippen molar-refractivity contribution in [2.24, 2.45) is 0 Å². The highest BCUT2D eigenvalue weighted by atomic mass is 35.5. The van der Waals surface area contributed by atoms with Crippen LogP contribution in [-0.2, 0) is 0 Å². The smallest absolute Gasteiger partial charge is 0.0786 e. The Morgan fingerprint density at radius 2 is 0.808 bits per heavy atom. The predicted molar refractivity (Wildman–Crippen MR) is 124 cm³/mol. The Labute approximate surface area is 182 Å². The molecule has 0 unspecified atom stereocenters. The van der Waals surface area contributed by atoms with Crippen LogP contribution < -0.4 is 12.4 Å². The zero-order valence-corrected chi connectivity index (χ0v) is 17.2. The Morgan fingerprint density at radius 3 is 1.00 bits per heavy atom. The van der Waals surface area contributed by atoms with Gasteiger partial charge in [-0.1, -0.05) is 56.4 Å². The van der Waals surface area contributed by atoms with Crippen molar-refractivity contribution in [3.8, 4) is 0 Å². The number of rotatable bonds is 6. The molecule has 0 spiro atoms. The standard InChI is InChI=1S/2C9H20N.4CH4.2ClH/c2*1-3-4-7-10(2)8-5-6-9-10;;;;;;/h2*3-9H2,1-2H3;4*1H4;2*1H/q2*+1;;;;;;/p-1. The maximum atomic E-state index is 2.41. The first-order chi connectivity index (χ1) is 9.54. The van der Waals surface area contributed by atoms with Gasteiger partial charge in [0.25, 0.3) is 0 Å². The van der Waals surface area contributed by atoms with E-state index in [4.69, 9.17) is 0 Å². The van der Waals surface area contributed by atoms with E-state index in [0.29, 0.717) is 0 Å². The average Bonchev–Trinajstić information content (AvgIpc) is 3.05. The lowest BCUT2D eigenvalue weighted by Gasteiger charge is -2.28. The molecule has 2 rings (SSSR count). The van der Waals surface area contributed by atoms with E-state index in [-0.39, 0.29) is 54.5 Å². The van der Waals surface area contributed by atoms with E-state index in [0.717, 1.165) is 0 Å². The SMILES string of the molecule is C.C.C.C.CCCC[N+]1(C)CCCC1.CCCC[N+]1(C)CCCC1.Cl.[Cl-]. The summed E-state index contributed by atoms with van der Waals surface area (Å²) in [5.41, 5.74) is 0. The Morgan fingerprint density at radius 1 is 0.577 bits per heavy atom. The van der Waals surface area contributed by atoms with E-state index in [1.807, 2.05) is 0 Å². The molecule has 0 aromatic carbocycles. The third kappa shape index (κ3) is 16.7. The maximum Gasteiger partial charge on any atom is 0.0786 e. The summed E-state index contributed by atoms with van der Waals surface area (Å²) in [4.78, 5) is 0. The van der Waals surface area contributed by atoms with Gasteiger partial charge in [0.2, 0.25) is 0 Å². The van der Waals surface area contributed by atoms with Crippen molar-refractivity contribution in [1.29, 1.82) is 0 Å². The third-order valence-electron chi connectivity index (χ3n) is 5.39. The minimum Gasteiger partial charge on any atom is -1.00 e. The number of nitrogens with zero attached hydrogens (tertiary/aromatic N) is 2. The van der Waals surface area contributed by atoms with Crippen LogP contribution in [0, 0.1) is 0 Å². The number of quaternary nitrogens is 2. The third-order valence-corrected chi connectivity index (χ3v) is 5.39. The summed E-state index contributed by atoms with van der Waals surface area (Å²) in [6.45, 7) is 13.1. The van der Waals surface area contributed by atoms with Gasteiger partial charge in [-0.2, -0.15) is 0 Å². The topological polar surface area (TPSA) is 0 Å². The van der Waals surface area contributed by atoms with E-state index >= 15 is 0 Å². The van der Waals surface area contributed by atoms with Crippen LogP contribution >= 0.6 is 12.4 Å². The summed E-state index contributed by atoms with van der Waals surface area (Å²) in [5, 5.41) is 0. The number of halogens is 2. The minimum atomic E-state index is 0. The number of hydrogen-bond acceptors (Lipinski definition) is 0. The lowest BCUT2D eigenvalue weighted by Crippen LogP contribution is -3.00. The van der Waals surface area contributed by atoms with Crippen LogP contribution in [0.3, 0.4) is 0 Å². The zero-order valence-electron chi connectivity index (χ0n) is 15.6. The molecule has 26 heavy (non-hydrogen) atoms. The second-order valence-corrected chi connectivity index (χ2v) is 7.70. The van der Waals surface area contributed by atoms with Crippen LogP contribution in [0.25, 0.3) is 0 Å². The van der Waals surface area contributed by atoms with E-state index in [1.165, 1.54) is 99.6 Å². The highest BCUT2D eigenvalue weighted by Gasteiger charge is 2.25. The highest BCUT2D eigenvalue weighted by molar-refractivity contribution is 5.85. The van der Waals surface area contributed by atoms with Gasteiger partial charge in [-0.05, 0) is 12.8 Å². The molecule has 168 valence electrons. The van der Waals surface area contributed by atoms with Crippen molar-refractivity contribution in [3.63, 3.8) is 0 Å². The monoisotopic (exact) mass is 419 g/mol. The Hall–Kier alpha value is 0.500. The molecule has 0 bridgehead atoms. The van der Waals surface area contributed by atoms with Gasteiger partial charge < -0.3 is 21.4 Å². The number of unbranched alkanes of at least 4 members (excludes halogenated alkanes) is 2. The van der Waals surface area contributed by atoms with Crippen molar-refractivity contribution >= 4 is 12.4 Å². The Balaban J connectivity index is -0.0000000625. The summed E-state index contributed by atoms with van der Waals surface area (Å²) in [7, 11) is 4.81. The molecule has 2 nitrogen and oxygen atoms in total. The van der Waals surface area contributed by atoms with Crippen LogP contribution in [0.4, 0.5) is 0 Å².